The fourth-order valence-electron chi connectivity index (χ4n) is 3.53. The number of nitrogens with one attached hydrogen (secondary N) is 1. The van der Waals surface area contributed by atoms with Gasteiger partial charge in [-0.15, -0.1) is 0 Å². The van der Waals surface area contributed by atoms with E-state index in [1.54, 1.807) is 24.3 Å². The van der Waals surface area contributed by atoms with Crippen LogP contribution in [0.3, 0.4) is 0 Å². The van der Waals surface area contributed by atoms with Crippen LogP contribution in [0.2, 0.25) is 0 Å². The Bertz CT molecular complexity index is 854. The molecule has 24 heavy (non-hydrogen) atoms. The van der Waals surface area contributed by atoms with Crippen molar-refractivity contribution >= 4 is 17.3 Å². The van der Waals surface area contributed by atoms with Gasteiger partial charge in [-0.25, -0.2) is 4.39 Å². The number of hydrogen-bond acceptors (Lipinski definition) is 3. The number of primary amides is 1. The van der Waals surface area contributed by atoms with Gasteiger partial charge in [0.15, 0.2) is 0 Å². The number of fused-ring (bicyclic) bond motifs is 1. The number of nitrogens with zero attached hydrogens (tertiary/aromatic N) is 1. The Morgan fingerprint density at radius 3 is 2.88 bits per heavy atom. The first kappa shape index (κ1) is 15.0. The van der Waals surface area contributed by atoms with Crippen molar-refractivity contribution in [2.45, 2.75) is 25.3 Å². The lowest BCUT2D eigenvalue weighted by atomic mass is 9.98. The highest BCUT2D eigenvalue weighted by atomic mass is 19.1. The topological polar surface area (TPSA) is 67.5 Å². The van der Waals surface area contributed by atoms with Gasteiger partial charge in [-0.05, 0) is 48.7 Å². The number of carbonyl (C=O) groups is 1. The van der Waals surface area contributed by atoms with E-state index >= 15 is 0 Å². The molecule has 2 aliphatic rings. The van der Waals surface area contributed by atoms with Gasteiger partial charge in [0.25, 0.3) is 5.91 Å². The number of nitrogens with two attached hydrogens (primary N) is 1. The molecule has 2 heterocycles. The van der Waals surface area contributed by atoms with Gasteiger partial charge >= 0.3 is 0 Å². The van der Waals surface area contributed by atoms with Crippen LogP contribution in [0.25, 0.3) is 0 Å². The van der Waals surface area contributed by atoms with Gasteiger partial charge in [-0.2, -0.15) is 0 Å². The predicted octanol–water partition coefficient (Wildman–Crippen LogP) is 3.03. The quantitative estimate of drug-likeness (QED) is 0.912. The summed E-state index contributed by atoms with van der Waals surface area (Å²) < 4.78 is 14.6. The van der Waals surface area contributed by atoms with Crippen molar-refractivity contribution in [2.75, 3.05) is 6.54 Å². The summed E-state index contributed by atoms with van der Waals surface area (Å²) in [5, 5.41) is 3.37. The van der Waals surface area contributed by atoms with E-state index in [1.807, 2.05) is 12.1 Å². The molecule has 2 aromatic rings. The van der Waals surface area contributed by atoms with Gasteiger partial charge in [-0.3, -0.25) is 9.79 Å². The van der Waals surface area contributed by atoms with Crippen LogP contribution in [-0.2, 0) is 6.42 Å². The maximum atomic E-state index is 14.6. The smallest absolute Gasteiger partial charge is 0.250 e. The molecule has 0 aliphatic carbocycles. The molecule has 0 saturated carbocycles. The molecule has 4 rings (SSSR count). The van der Waals surface area contributed by atoms with E-state index in [1.165, 1.54) is 0 Å². The number of amides is 1. The first-order valence-corrected chi connectivity index (χ1v) is 8.16. The highest BCUT2D eigenvalue weighted by molar-refractivity contribution is 6.10. The highest BCUT2D eigenvalue weighted by Crippen LogP contribution is 2.33. The SMILES string of the molecule is NC(=O)c1cccc2c1N=C(c1ccc([C@@H]3CCCN3)cc1F)C2. The third-order valence-electron chi connectivity index (χ3n) is 4.76. The maximum Gasteiger partial charge on any atom is 0.250 e. The van der Waals surface area contributed by atoms with Crippen molar-refractivity contribution in [1.82, 2.24) is 5.32 Å². The Morgan fingerprint density at radius 1 is 1.29 bits per heavy atom. The first-order chi connectivity index (χ1) is 11.6. The molecule has 0 bridgehead atoms. The number of para-hydroxylation sites is 1. The Kier molecular flexibility index (Phi) is 3.65. The number of carbonyl (C=O) groups excluding carboxylic acids is 1. The lowest BCUT2D eigenvalue weighted by molar-refractivity contribution is 0.100. The Morgan fingerprint density at radius 2 is 2.17 bits per heavy atom. The number of aliphatic imine (C=N–C) groups is 1. The molecule has 1 amide bonds. The zero-order valence-electron chi connectivity index (χ0n) is 13.2. The molecule has 0 radical (unpaired) electrons. The monoisotopic (exact) mass is 323 g/mol. The van der Waals surface area contributed by atoms with E-state index in [4.69, 9.17) is 5.73 Å². The second-order valence-electron chi connectivity index (χ2n) is 6.30. The van der Waals surface area contributed by atoms with E-state index in [-0.39, 0.29) is 11.9 Å². The maximum absolute atomic E-state index is 14.6. The van der Waals surface area contributed by atoms with Crippen LogP contribution in [0, 0.1) is 5.82 Å². The summed E-state index contributed by atoms with van der Waals surface area (Å²) in [6.45, 7) is 0.978. The van der Waals surface area contributed by atoms with Crippen LogP contribution in [0.5, 0.6) is 0 Å². The van der Waals surface area contributed by atoms with Crippen molar-refractivity contribution in [3.63, 3.8) is 0 Å². The Balaban J connectivity index is 1.69. The van der Waals surface area contributed by atoms with Crippen LogP contribution < -0.4 is 11.1 Å². The van der Waals surface area contributed by atoms with Gasteiger partial charge in [0.1, 0.15) is 5.82 Å². The molecule has 0 spiro atoms. The Labute approximate surface area is 139 Å². The third kappa shape index (κ3) is 2.51. The average Bonchev–Trinajstić information content (AvgIpc) is 3.23. The van der Waals surface area contributed by atoms with Crippen molar-refractivity contribution in [3.8, 4) is 0 Å². The average molecular weight is 323 g/mol. The minimum atomic E-state index is -0.514. The zero-order valence-corrected chi connectivity index (χ0v) is 13.2. The van der Waals surface area contributed by atoms with E-state index in [0.29, 0.717) is 28.9 Å². The molecular weight excluding hydrogens is 305 g/mol. The lowest BCUT2D eigenvalue weighted by Gasteiger charge is -2.12. The molecule has 1 saturated heterocycles. The summed E-state index contributed by atoms with van der Waals surface area (Å²) in [6, 6.07) is 10.9. The van der Waals surface area contributed by atoms with E-state index in [2.05, 4.69) is 10.3 Å². The van der Waals surface area contributed by atoms with E-state index < -0.39 is 5.91 Å². The normalized spacial score (nSPS) is 19.2. The van der Waals surface area contributed by atoms with Gasteiger partial charge in [0.2, 0.25) is 0 Å². The standard InChI is InChI=1S/C19H18FN3O/c20-15-9-11(16-5-2-8-22-16)6-7-13(15)17-10-12-3-1-4-14(19(21)24)18(12)23-17/h1,3-4,6-7,9,16,22H,2,5,8,10H2,(H2,21,24)/t16-/m0/s1. The van der Waals surface area contributed by atoms with Crippen molar-refractivity contribution in [2.24, 2.45) is 10.7 Å². The van der Waals surface area contributed by atoms with Gasteiger partial charge < -0.3 is 11.1 Å². The van der Waals surface area contributed by atoms with E-state index in [0.717, 1.165) is 30.5 Å². The molecule has 3 N–H and O–H groups in total. The largest absolute Gasteiger partial charge is 0.366 e. The van der Waals surface area contributed by atoms with Crippen LogP contribution >= 0.6 is 0 Å². The summed E-state index contributed by atoms with van der Waals surface area (Å²) >= 11 is 0. The minimum absolute atomic E-state index is 0.234. The minimum Gasteiger partial charge on any atom is -0.366 e. The van der Waals surface area contributed by atoms with Crippen molar-refractivity contribution in [1.29, 1.82) is 0 Å². The molecule has 122 valence electrons. The molecule has 0 unspecified atom stereocenters. The fourth-order valence-corrected chi connectivity index (χ4v) is 3.53. The summed E-state index contributed by atoms with van der Waals surface area (Å²) in [5.41, 5.74) is 9.37. The molecule has 2 aliphatic heterocycles. The molecule has 1 atom stereocenters. The third-order valence-corrected chi connectivity index (χ3v) is 4.76. The van der Waals surface area contributed by atoms with Crippen LogP contribution in [-0.4, -0.2) is 18.2 Å². The molecular formula is C19H18FN3O. The second kappa shape index (κ2) is 5.83. The van der Waals surface area contributed by atoms with Crippen molar-refractivity contribution in [3.05, 3.63) is 64.5 Å². The van der Waals surface area contributed by atoms with Crippen LogP contribution in [0.4, 0.5) is 10.1 Å². The van der Waals surface area contributed by atoms with Crippen LogP contribution in [0.1, 0.15) is 45.9 Å². The van der Waals surface area contributed by atoms with Gasteiger partial charge in [0, 0.05) is 18.0 Å². The number of rotatable bonds is 3. The molecule has 2 aromatic carbocycles. The second-order valence-corrected chi connectivity index (χ2v) is 6.30. The lowest BCUT2D eigenvalue weighted by Crippen LogP contribution is -2.14. The van der Waals surface area contributed by atoms with Crippen LogP contribution in [0.15, 0.2) is 41.4 Å². The number of benzene rings is 2. The zero-order chi connectivity index (χ0) is 16.7. The summed E-state index contributed by atoms with van der Waals surface area (Å²) in [5.74, 6) is -0.784. The number of halogens is 1. The summed E-state index contributed by atoms with van der Waals surface area (Å²) in [4.78, 5) is 16.0. The van der Waals surface area contributed by atoms with Gasteiger partial charge in [-0.1, -0.05) is 18.2 Å². The fraction of sp³-hybridized carbons (Fsp3) is 0.263. The first-order valence-electron chi connectivity index (χ1n) is 8.16. The summed E-state index contributed by atoms with van der Waals surface area (Å²) in [6.07, 6.45) is 2.66. The molecule has 0 aromatic heterocycles. The Hall–Kier alpha value is -2.53. The molecule has 4 nitrogen and oxygen atoms in total. The summed E-state index contributed by atoms with van der Waals surface area (Å²) in [7, 11) is 0. The van der Waals surface area contributed by atoms with Gasteiger partial charge in [0.05, 0.1) is 17.0 Å². The molecule has 5 heteroatoms. The number of hydrogen-bond donors (Lipinski definition) is 2. The van der Waals surface area contributed by atoms with Crippen molar-refractivity contribution < 1.29 is 9.18 Å². The predicted molar refractivity (Wildman–Crippen MR) is 91.2 cm³/mol. The molecule has 1 fully saturated rings. The highest BCUT2D eigenvalue weighted by Gasteiger charge is 2.24. The van der Waals surface area contributed by atoms with E-state index in [9.17, 15) is 9.18 Å².